The van der Waals surface area contributed by atoms with Gasteiger partial charge in [0.25, 0.3) is 0 Å². The van der Waals surface area contributed by atoms with Gasteiger partial charge in [0, 0.05) is 37.6 Å². The molecule has 40 heavy (non-hydrogen) atoms. The van der Waals surface area contributed by atoms with Gasteiger partial charge >= 0.3 is 0 Å². The molecular weight excluding hydrogens is 535 g/mol. The Morgan fingerprint density at radius 1 is 1.05 bits per heavy atom. The van der Waals surface area contributed by atoms with Crippen molar-refractivity contribution in [2.75, 3.05) is 20.1 Å². The first-order valence-electron chi connectivity index (χ1n) is 13.9. The first kappa shape index (κ1) is 29.8. The molecule has 0 radical (unpaired) electrons. The second-order valence-electron chi connectivity index (χ2n) is 10.8. The Labute approximate surface area is 240 Å². The number of rotatable bonds is 3. The number of carbonyl (C=O) groups is 3. The van der Waals surface area contributed by atoms with Crippen molar-refractivity contribution in [2.45, 2.75) is 70.2 Å². The number of aryl methyl sites for hydroxylation is 1. The van der Waals surface area contributed by atoms with E-state index in [2.05, 4.69) is 16.0 Å². The Morgan fingerprint density at radius 2 is 1.77 bits per heavy atom. The largest absolute Gasteiger partial charge is 0.489 e. The van der Waals surface area contributed by atoms with Gasteiger partial charge in [-0.1, -0.05) is 29.8 Å². The second kappa shape index (κ2) is 13.5. The lowest BCUT2D eigenvalue weighted by molar-refractivity contribution is -0.141. The molecule has 2 aliphatic rings. The van der Waals surface area contributed by atoms with Gasteiger partial charge in [0.1, 0.15) is 29.8 Å². The fourth-order valence-corrected chi connectivity index (χ4v) is 4.96. The van der Waals surface area contributed by atoms with Crippen LogP contribution in [0.5, 0.6) is 5.75 Å². The van der Waals surface area contributed by atoms with E-state index in [-0.39, 0.29) is 30.3 Å². The van der Waals surface area contributed by atoms with Gasteiger partial charge < -0.3 is 25.6 Å². The number of ether oxygens (including phenoxy) is 1. The van der Waals surface area contributed by atoms with E-state index in [0.29, 0.717) is 36.7 Å². The van der Waals surface area contributed by atoms with Crippen molar-refractivity contribution in [2.24, 2.45) is 5.92 Å². The van der Waals surface area contributed by atoms with Crippen molar-refractivity contribution < 1.29 is 23.5 Å². The molecule has 2 aromatic carbocycles. The van der Waals surface area contributed by atoms with Crippen LogP contribution in [-0.4, -0.2) is 67.0 Å². The number of nitrogens with one attached hydrogen (secondary N) is 3. The molecule has 0 bridgehead atoms. The van der Waals surface area contributed by atoms with Gasteiger partial charge in [-0.25, -0.2) is 4.39 Å². The van der Waals surface area contributed by atoms with Crippen LogP contribution in [0.3, 0.4) is 0 Å². The van der Waals surface area contributed by atoms with Crippen LogP contribution in [0.25, 0.3) is 0 Å². The lowest BCUT2D eigenvalue weighted by atomic mass is 10.0. The predicted molar refractivity (Wildman–Crippen MR) is 152 cm³/mol. The number of carbonyl (C=O) groups excluding carboxylic acids is 3. The van der Waals surface area contributed by atoms with Crippen molar-refractivity contribution in [1.82, 2.24) is 20.9 Å². The Balaban J connectivity index is 1.58. The summed E-state index contributed by atoms with van der Waals surface area (Å²) < 4.78 is 20.2. The lowest BCUT2D eigenvalue weighted by Crippen LogP contribution is -2.57. The first-order valence-corrected chi connectivity index (χ1v) is 14.3. The summed E-state index contributed by atoms with van der Waals surface area (Å²) in [4.78, 5) is 41.5. The normalized spacial score (nSPS) is 25.6. The molecule has 1 saturated carbocycles. The molecule has 0 spiro atoms. The highest BCUT2D eigenvalue weighted by molar-refractivity contribution is 6.30. The molecule has 1 aliphatic heterocycles. The molecule has 2 aromatic rings. The molecule has 10 heteroatoms. The first-order chi connectivity index (χ1) is 19.1. The molecule has 3 amide bonds. The van der Waals surface area contributed by atoms with Crippen LogP contribution in [-0.2, 0) is 27.2 Å². The highest BCUT2D eigenvalue weighted by Crippen LogP contribution is 2.33. The molecule has 216 valence electrons. The summed E-state index contributed by atoms with van der Waals surface area (Å²) in [6.45, 7) is 4.27. The number of halogens is 2. The fourth-order valence-electron chi connectivity index (χ4n) is 4.84. The van der Waals surface area contributed by atoms with Crippen LogP contribution in [0.1, 0.15) is 44.2 Å². The van der Waals surface area contributed by atoms with Crippen LogP contribution in [0, 0.1) is 11.7 Å². The van der Waals surface area contributed by atoms with Gasteiger partial charge in [-0.3, -0.25) is 14.4 Å². The number of benzene rings is 2. The predicted octanol–water partition coefficient (Wildman–Crippen LogP) is 3.25. The van der Waals surface area contributed by atoms with Gasteiger partial charge in [0.05, 0.1) is 6.04 Å². The molecule has 1 heterocycles. The quantitative estimate of drug-likeness (QED) is 0.524. The summed E-state index contributed by atoms with van der Waals surface area (Å²) in [6.07, 6.45) is 2.94. The van der Waals surface area contributed by atoms with Crippen molar-refractivity contribution in [1.29, 1.82) is 0 Å². The van der Waals surface area contributed by atoms with Crippen LogP contribution in [0.15, 0.2) is 42.5 Å². The van der Waals surface area contributed by atoms with E-state index in [1.165, 1.54) is 17.0 Å². The summed E-state index contributed by atoms with van der Waals surface area (Å²) in [5, 5.41) is 9.69. The minimum Gasteiger partial charge on any atom is -0.489 e. The third-order valence-corrected chi connectivity index (χ3v) is 7.81. The highest BCUT2D eigenvalue weighted by Gasteiger charge is 2.39. The van der Waals surface area contributed by atoms with Crippen LogP contribution in [0.2, 0.25) is 5.02 Å². The third-order valence-electron chi connectivity index (χ3n) is 7.56. The van der Waals surface area contributed by atoms with E-state index >= 15 is 0 Å². The smallest absolute Gasteiger partial charge is 0.243 e. The fraction of sp³-hybridized carbons (Fsp3) is 0.500. The Morgan fingerprint density at radius 3 is 2.48 bits per heavy atom. The van der Waals surface area contributed by atoms with E-state index in [0.717, 1.165) is 24.0 Å². The van der Waals surface area contributed by atoms with Gasteiger partial charge in [0.2, 0.25) is 17.7 Å². The monoisotopic (exact) mass is 572 g/mol. The molecule has 1 fully saturated rings. The third kappa shape index (κ3) is 7.95. The van der Waals surface area contributed by atoms with Gasteiger partial charge in [-0.15, -0.1) is 0 Å². The van der Waals surface area contributed by atoms with Gasteiger partial charge in [0.15, 0.2) is 0 Å². The number of likely N-dealkylation sites (N-methyl/N-ethyl adjacent to an activating group) is 1. The standard InChI is InChI=1S/C30H38ClFN4O4/c1-18-17-34-27(22-8-9-22)30(39)36(3)19(2)28(37)35-25(15-20-6-11-23(31)12-7-20)29(38)33-14-4-5-21-10-13-24(32)16-26(21)40-18/h6-7,10-13,16,18-19,22,25,27,34H,4-5,8-9,14-15,17H2,1-3H3,(H,33,38)(H,35,37)/t18?,19-,25-,27?/m1/s1. The zero-order valence-corrected chi connectivity index (χ0v) is 24.0. The molecule has 3 N–H and O–H groups in total. The maximum atomic E-state index is 14.1. The minimum absolute atomic E-state index is 0.177. The van der Waals surface area contributed by atoms with Crippen molar-refractivity contribution in [3.8, 4) is 5.75 Å². The van der Waals surface area contributed by atoms with Crippen LogP contribution in [0.4, 0.5) is 4.39 Å². The lowest BCUT2D eigenvalue weighted by Gasteiger charge is -2.31. The molecule has 1 aliphatic carbocycles. The second-order valence-corrected chi connectivity index (χ2v) is 11.3. The number of fused-ring (bicyclic) bond motifs is 1. The van der Waals surface area contributed by atoms with E-state index in [1.807, 2.05) is 19.1 Å². The number of hydrogen-bond donors (Lipinski definition) is 3. The maximum absolute atomic E-state index is 14.1. The average Bonchev–Trinajstić information content (AvgIpc) is 3.76. The summed E-state index contributed by atoms with van der Waals surface area (Å²) in [5.41, 5.74) is 1.67. The van der Waals surface area contributed by atoms with Crippen LogP contribution >= 0.6 is 11.6 Å². The molecular formula is C30H38ClFN4O4. The minimum atomic E-state index is -0.846. The number of hydrogen-bond acceptors (Lipinski definition) is 5. The summed E-state index contributed by atoms with van der Waals surface area (Å²) >= 11 is 6.02. The van der Waals surface area contributed by atoms with E-state index in [4.69, 9.17) is 16.3 Å². The highest BCUT2D eigenvalue weighted by atomic mass is 35.5. The van der Waals surface area contributed by atoms with E-state index < -0.39 is 29.8 Å². The molecule has 4 atom stereocenters. The average molecular weight is 573 g/mol. The summed E-state index contributed by atoms with van der Waals surface area (Å²) in [7, 11) is 1.61. The van der Waals surface area contributed by atoms with Crippen molar-refractivity contribution in [3.05, 3.63) is 64.4 Å². The summed E-state index contributed by atoms with van der Waals surface area (Å²) in [5.74, 6) is -0.688. The van der Waals surface area contributed by atoms with Crippen LogP contribution < -0.4 is 20.7 Å². The van der Waals surface area contributed by atoms with E-state index in [1.54, 1.807) is 32.2 Å². The Bertz CT molecular complexity index is 1210. The zero-order valence-electron chi connectivity index (χ0n) is 23.2. The van der Waals surface area contributed by atoms with Gasteiger partial charge in [-0.05, 0) is 74.8 Å². The van der Waals surface area contributed by atoms with Crippen molar-refractivity contribution >= 4 is 29.3 Å². The summed E-state index contributed by atoms with van der Waals surface area (Å²) in [6, 6.07) is 9.46. The van der Waals surface area contributed by atoms with Gasteiger partial charge in [-0.2, -0.15) is 0 Å². The van der Waals surface area contributed by atoms with E-state index in [9.17, 15) is 18.8 Å². The maximum Gasteiger partial charge on any atom is 0.243 e. The number of nitrogens with zero attached hydrogens (tertiary/aromatic N) is 1. The molecule has 0 saturated heterocycles. The zero-order chi connectivity index (χ0) is 28.8. The molecule has 0 aromatic heterocycles. The Kier molecular flexibility index (Phi) is 10.0. The molecule has 4 rings (SSSR count). The SMILES string of the molecule is CC1CNC(C2CC2)C(=O)N(C)[C@H](C)C(=O)N[C@H](Cc2ccc(Cl)cc2)C(=O)NCCCc2ccc(F)cc2O1. The topological polar surface area (TPSA) is 99.8 Å². The molecule has 8 nitrogen and oxygen atoms in total. The Hall–Kier alpha value is -3.17. The van der Waals surface area contributed by atoms with Crippen molar-refractivity contribution in [3.63, 3.8) is 0 Å². The number of amides is 3. The molecule has 2 unspecified atom stereocenters.